The summed E-state index contributed by atoms with van der Waals surface area (Å²) in [4.78, 5) is 41.9. The van der Waals surface area contributed by atoms with Crippen LogP contribution in [0.2, 0.25) is 0 Å². The van der Waals surface area contributed by atoms with E-state index in [1.165, 1.54) is 6.07 Å². The van der Waals surface area contributed by atoms with Crippen LogP contribution in [0.1, 0.15) is 29.0 Å². The van der Waals surface area contributed by atoms with E-state index < -0.39 is 11.8 Å². The van der Waals surface area contributed by atoms with E-state index in [4.69, 9.17) is 4.52 Å². The van der Waals surface area contributed by atoms with Gasteiger partial charge in [0.2, 0.25) is 0 Å². The number of aromatic nitrogens is 2. The van der Waals surface area contributed by atoms with Gasteiger partial charge in [0.15, 0.2) is 5.82 Å². The Morgan fingerprint density at radius 2 is 2.04 bits per heavy atom. The number of carbonyl (C=O) groups excluding carboxylic acids is 3. The largest absolute Gasteiger partial charge is 0.360 e. The highest BCUT2D eigenvalue weighted by Crippen LogP contribution is 2.18. The molecule has 2 N–H and O–H groups in total. The van der Waals surface area contributed by atoms with Crippen LogP contribution in [0, 0.1) is 12.8 Å². The zero-order valence-corrected chi connectivity index (χ0v) is 15.0. The Kier molecular flexibility index (Phi) is 5.80. The molecule has 27 heavy (non-hydrogen) atoms. The standard InChI is InChI=1S/C18H21N5O4/c1-12-9-15(22-27-12)21-17(25)16(24)20-10-13-4-7-23(8-5-13)18(26)14-3-2-6-19-11-14/h2-3,6,9,11,13H,4-5,7-8,10H2,1H3,(H,20,24)(H,21,22,25). The van der Waals surface area contributed by atoms with Crippen molar-refractivity contribution in [3.8, 4) is 0 Å². The Bertz CT molecular complexity index is 812. The van der Waals surface area contributed by atoms with Crippen molar-refractivity contribution >= 4 is 23.5 Å². The fourth-order valence-corrected chi connectivity index (χ4v) is 2.93. The zero-order chi connectivity index (χ0) is 19.2. The van der Waals surface area contributed by atoms with E-state index >= 15 is 0 Å². The van der Waals surface area contributed by atoms with Crippen molar-refractivity contribution in [2.24, 2.45) is 5.92 Å². The summed E-state index contributed by atoms with van der Waals surface area (Å²) in [5, 5.41) is 8.62. The highest BCUT2D eigenvalue weighted by atomic mass is 16.5. The summed E-state index contributed by atoms with van der Waals surface area (Å²) < 4.78 is 4.83. The first kappa shape index (κ1) is 18.6. The molecule has 0 spiro atoms. The van der Waals surface area contributed by atoms with Gasteiger partial charge in [0.1, 0.15) is 5.76 Å². The molecule has 3 amide bonds. The average Bonchev–Trinajstić information content (AvgIpc) is 3.11. The van der Waals surface area contributed by atoms with Gasteiger partial charge in [0, 0.05) is 38.1 Å². The average molecular weight is 371 g/mol. The summed E-state index contributed by atoms with van der Waals surface area (Å²) >= 11 is 0. The van der Waals surface area contributed by atoms with Crippen molar-refractivity contribution in [1.29, 1.82) is 0 Å². The van der Waals surface area contributed by atoms with Crippen LogP contribution < -0.4 is 10.6 Å². The molecule has 1 saturated heterocycles. The van der Waals surface area contributed by atoms with Crippen molar-refractivity contribution in [3.63, 3.8) is 0 Å². The van der Waals surface area contributed by atoms with Gasteiger partial charge in [-0.25, -0.2) is 0 Å². The first-order valence-electron chi connectivity index (χ1n) is 8.74. The number of hydrogen-bond donors (Lipinski definition) is 2. The van der Waals surface area contributed by atoms with Crippen LogP contribution in [0.3, 0.4) is 0 Å². The summed E-state index contributed by atoms with van der Waals surface area (Å²) in [5.74, 6) is -0.577. The van der Waals surface area contributed by atoms with Gasteiger partial charge in [-0.2, -0.15) is 0 Å². The number of nitrogens with one attached hydrogen (secondary N) is 2. The van der Waals surface area contributed by atoms with Crippen LogP contribution in [0.25, 0.3) is 0 Å². The quantitative estimate of drug-likeness (QED) is 0.774. The van der Waals surface area contributed by atoms with E-state index in [2.05, 4.69) is 20.8 Å². The molecule has 0 aromatic carbocycles. The van der Waals surface area contributed by atoms with E-state index in [1.807, 2.05) is 0 Å². The van der Waals surface area contributed by atoms with Gasteiger partial charge in [0.05, 0.1) is 5.56 Å². The minimum Gasteiger partial charge on any atom is -0.360 e. The Morgan fingerprint density at radius 3 is 2.67 bits per heavy atom. The first-order valence-corrected chi connectivity index (χ1v) is 8.74. The lowest BCUT2D eigenvalue weighted by Gasteiger charge is -2.32. The van der Waals surface area contributed by atoms with Crippen molar-refractivity contribution < 1.29 is 18.9 Å². The number of rotatable bonds is 4. The van der Waals surface area contributed by atoms with Gasteiger partial charge in [-0.1, -0.05) is 5.16 Å². The van der Waals surface area contributed by atoms with Crippen molar-refractivity contribution in [3.05, 3.63) is 41.9 Å². The molecule has 0 bridgehead atoms. The van der Waals surface area contributed by atoms with Crippen molar-refractivity contribution in [2.75, 3.05) is 25.0 Å². The number of hydrogen-bond acceptors (Lipinski definition) is 6. The molecule has 1 aliphatic rings. The second kappa shape index (κ2) is 8.43. The molecule has 0 radical (unpaired) electrons. The molecule has 2 aromatic rings. The normalized spacial score (nSPS) is 14.6. The lowest BCUT2D eigenvalue weighted by Crippen LogP contribution is -2.43. The van der Waals surface area contributed by atoms with E-state index in [0.29, 0.717) is 31.0 Å². The van der Waals surface area contributed by atoms with Crippen LogP contribution in [-0.2, 0) is 9.59 Å². The number of pyridine rings is 1. The van der Waals surface area contributed by atoms with Gasteiger partial charge in [-0.3, -0.25) is 24.7 Å². The molecule has 0 unspecified atom stereocenters. The Hall–Kier alpha value is -3.23. The number of nitrogens with zero attached hydrogens (tertiary/aromatic N) is 3. The third kappa shape index (κ3) is 4.90. The Balaban J connectivity index is 1.41. The monoisotopic (exact) mass is 371 g/mol. The summed E-state index contributed by atoms with van der Waals surface area (Å²) in [6, 6.07) is 5.01. The van der Waals surface area contributed by atoms with Crippen molar-refractivity contribution in [2.45, 2.75) is 19.8 Å². The first-order chi connectivity index (χ1) is 13.0. The third-order valence-corrected chi connectivity index (χ3v) is 4.44. The topological polar surface area (TPSA) is 117 Å². The minimum atomic E-state index is -0.785. The summed E-state index contributed by atoms with van der Waals surface area (Å²) in [6.07, 6.45) is 4.71. The molecule has 9 nitrogen and oxygen atoms in total. The molecule has 9 heteroatoms. The van der Waals surface area contributed by atoms with E-state index in [-0.39, 0.29) is 17.6 Å². The number of anilines is 1. The molecule has 3 heterocycles. The van der Waals surface area contributed by atoms with Gasteiger partial charge < -0.3 is 14.7 Å². The fraction of sp³-hybridized carbons (Fsp3) is 0.389. The number of amides is 3. The SMILES string of the molecule is Cc1cc(NC(=O)C(=O)NCC2CCN(C(=O)c3cccnc3)CC2)no1. The summed E-state index contributed by atoms with van der Waals surface area (Å²) in [7, 11) is 0. The maximum Gasteiger partial charge on any atom is 0.314 e. The molecule has 1 aliphatic heterocycles. The lowest BCUT2D eigenvalue weighted by atomic mass is 9.96. The van der Waals surface area contributed by atoms with E-state index in [0.717, 1.165) is 12.8 Å². The zero-order valence-electron chi connectivity index (χ0n) is 15.0. The number of likely N-dealkylation sites (tertiary alicyclic amines) is 1. The second-order valence-corrected chi connectivity index (χ2v) is 6.46. The van der Waals surface area contributed by atoms with E-state index in [1.54, 1.807) is 36.4 Å². The number of aryl methyl sites for hydroxylation is 1. The van der Waals surface area contributed by atoms with Crippen LogP contribution in [0.15, 0.2) is 35.1 Å². The second-order valence-electron chi connectivity index (χ2n) is 6.46. The number of piperidine rings is 1. The molecular weight excluding hydrogens is 350 g/mol. The maximum absolute atomic E-state index is 12.4. The minimum absolute atomic E-state index is 0.0344. The molecule has 2 aromatic heterocycles. The highest BCUT2D eigenvalue weighted by molar-refractivity contribution is 6.39. The van der Waals surface area contributed by atoms with Gasteiger partial charge >= 0.3 is 11.8 Å². The molecular formula is C18H21N5O4. The predicted octanol–water partition coefficient (Wildman–Crippen LogP) is 0.985. The summed E-state index contributed by atoms with van der Waals surface area (Å²) in [6.45, 7) is 3.30. The number of carbonyl (C=O) groups is 3. The van der Waals surface area contributed by atoms with Crippen molar-refractivity contribution in [1.82, 2.24) is 20.4 Å². The van der Waals surface area contributed by atoms with Crippen LogP contribution >= 0.6 is 0 Å². The maximum atomic E-state index is 12.4. The molecule has 3 rings (SSSR count). The summed E-state index contributed by atoms with van der Waals surface area (Å²) in [5.41, 5.74) is 0.573. The molecule has 0 atom stereocenters. The predicted molar refractivity (Wildman–Crippen MR) is 95.7 cm³/mol. The molecule has 142 valence electrons. The van der Waals surface area contributed by atoms with Gasteiger partial charge in [-0.05, 0) is 37.8 Å². The Labute approximate surface area is 156 Å². The fourth-order valence-electron chi connectivity index (χ4n) is 2.93. The van der Waals surface area contributed by atoms with Crippen LogP contribution in [-0.4, -0.2) is 52.4 Å². The van der Waals surface area contributed by atoms with Gasteiger partial charge in [-0.15, -0.1) is 0 Å². The Morgan fingerprint density at radius 1 is 1.26 bits per heavy atom. The van der Waals surface area contributed by atoms with Crippen LogP contribution in [0.4, 0.5) is 5.82 Å². The molecule has 1 fully saturated rings. The van der Waals surface area contributed by atoms with E-state index in [9.17, 15) is 14.4 Å². The molecule has 0 aliphatic carbocycles. The van der Waals surface area contributed by atoms with Gasteiger partial charge in [0.25, 0.3) is 5.91 Å². The molecule has 0 saturated carbocycles. The van der Waals surface area contributed by atoms with Crippen LogP contribution in [0.5, 0.6) is 0 Å². The highest BCUT2D eigenvalue weighted by Gasteiger charge is 2.25. The smallest absolute Gasteiger partial charge is 0.314 e. The third-order valence-electron chi connectivity index (χ3n) is 4.44. The lowest BCUT2D eigenvalue weighted by molar-refractivity contribution is -0.136.